The van der Waals surface area contributed by atoms with Crippen LogP contribution in [0, 0.1) is 0 Å². The van der Waals surface area contributed by atoms with Gasteiger partial charge in [0, 0.05) is 30.3 Å². The number of carbonyl (C=O) groups excluding carboxylic acids is 1. The zero-order valence-corrected chi connectivity index (χ0v) is 11.4. The Labute approximate surface area is 110 Å². The average molecular weight is 297 g/mol. The van der Waals surface area contributed by atoms with E-state index in [-0.39, 0.29) is 5.91 Å². The van der Waals surface area contributed by atoms with Gasteiger partial charge in [0.25, 0.3) is 5.91 Å². The van der Waals surface area contributed by atoms with Crippen molar-refractivity contribution < 1.29 is 4.79 Å². The number of halogens is 1. The third-order valence-corrected chi connectivity index (χ3v) is 3.61. The van der Waals surface area contributed by atoms with Gasteiger partial charge in [-0.3, -0.25) is 9.78 Å². The van der Waals surface area contributed by atoms with Gasteiger partial charge in [0.15, 0.2) is 0 Å². The van der Waals surface area contributed by atoms with Crippen LogP contribution in [-0.4, -0.2) is 33.7 Å². The molecule has 1 aliphatic carbocycles. The normalized spacial score (nSPS) is 16.1. The highest BCUT2D eigenvalue weighted by atomic mass is 79.9. The summed E-state index contributed by atoms with van der Waals surface area (Å²) in [6.07, 6.45) is 8.10. The number of hydrogen-bond acceptors (Lipinski definition) is 2. The summed E-state index contributed by atoms with van der Waals surface area (Å²) in [5.74, 6) is 0.115. The van der Waals surface area contributed by atoms with Crippen LogP contribution < -0.4 is 0 Å². The van der Waals surface area contributed by atoms with Crippen LogP contribution in [0.25, 0.3) is 0 Å². The van der Waals surface area contributed by atoms with Crippen LogP contribution >= 0.6 is 15.9 Å². The molecule has 2 rings (SSSR count). The van der Waals surface area contributed by atoms with E-state index in [4.69, 9.17) is 0 Å². The third kappa shape index (κ3) is 3.06. The first-order valence-corrected chi connectivity index (χ1v) is 7.22. The van der Waals surface area contributed by atoms with Crippen molar-refractivity contribution in [3.8, 4) is 0 Å². The molecule has 1 aromatic rings. The second-order valence-corrected chi connectivity index (χ2v) is 5.16. The summed E-state index contributed by atoms with van der Waals surface area (Å²) in [7, 11) is 0. The van der Waals surface area contributed by atoms with Crippen molar-refractivity contribution in [3.05, 3.63) is 30.1 Å². The fourth-order valence-electron chi connectivity index (χ4n) is 2.41. The highest BCUT2D eigenvalue weighted by molar-refractivity contribution is 9.09. The van der Waals surface area contributed by atoms with Gasteiger partial charge in [0.05, 0.1) is 5.56 Å². The molecule has 0 N–H and O–H groups in total. The zero-order chi connectivity index (χ0) is 12.1. The van der Waals surface area contributed by atoms with Crippen molar-refractivity contribution in [2.45, 2.75) is 31.7 Å². The van der Waals surface area contributed by atoms with Gasteiger partial charge in [-0.05, 0) is 25.0 Å². The Kier molecular flexibility index (Phi) is 4.54. The number of aromatic nitrogens is 1. The highest BCUT2D eigenvalue weighted by Crippen LogP contribution is 2.24. The van der Waals surface area contributed by atoms with Crippen LogP contribution in [0.15, 0.2) is 24.5 Å². The Morgan fingerprint density at radius 2 is 2.24 bits per heavy atom. The molecule has 0 unspecified atom stereocenters. The van der Waals surface area contributed by atoms with Crippen LogP contribution in [-0.2, 0) is 0 Å². The van der Waals surface area contributed by atoms with Crippen molar-refractivity contribution in [2.24, 2.45) is 0 Å². The first-order chi connectivity index (χ1) is 8.33. The molecule has 1 amide bonds. The predicted octanol–water partition coefficient (Wildman–Crippen LogP) is 2.86. The molecule has 4 heteroatoms. The van der Waals surface area contributed by atoms with Crippen LogP contribution in [0.2, 0.25) is 0 Å². The fraction of sp³-hybridized carbons (Fsp3) is 0.538. The second-order valence-electron chi connectivity index (χ2n) is 4.37. The van der Waals surface area contributed by atoms with Crippen LogP contribution in [0.3, 0.4) is 0 Å². The Hall–Kier alpha value is -0.900. The number of rotatable bonds is 4. The smallest absolute Gasteiger partial charge is 0.255 e. The SMILES string of the molecule is O=C(c1cccnc1)N(CCBr)C1CCCC1. The topological polar surface area (TPSA) is 33.2 Å². The number of amides is 1. The molecule has 92 valence electrons. The lowest BCUT2D eigenvalue weighted by Crippen LogP contribution is -2.40. The molecular formula is C13H17BrN2O. The minimum absolute atomic E-state index is 0.115. The minimum Gasteiger partial charge on any atom is -0.335 e. The third-order valence-electron chi connectivity index (χ3n) is 3.26. The van der Waals surface area contributed by atoms with E-state index in [1.807, 2.05) is 17.0 Å². The van der Waals surface area contributed by atoms with Gasteiger partial charge in [-0.2, -0.15) is 0 Å². The maximum absolute atomic E-state index is 12.4. The number of pyridine rings is 1. The maximum atomic E-state index is 12.4. The fourth-order valence-corrected chi connectivity index (χ4v) is 2.79. The summed E-state index contributed by atoms with van der Waals surface area (Å²) in [5.41, 5.74) is 0.695. The van der Waals surface area contributed by atoms with Gasteiger partial charge in [0.2, 0.25) is 0 Å². The standard InChI is InChI=1S/C13H17BrN2O/c14-7-9-16(12-5-1-2-6-12)13(17)11-4-3-8-15-10-11/h3-4,8,10,12H,1-2,5-7,9H2. The molecule has 0 bridgehead atoms. The second kappa shape index (κ2) is 6.15. The number of hydrogen-bond donors (Lipinski definition) is 0. The highest BCUT2D eigenvalue weighted by Gasteiger charge is 2.26. The van der Waals surface area contributed by atoms with E-state index >= 15 is 0 Å². The lowest BCUT2D eigenvalue weighted by molar-refractivity contribution is 0.0696. The first-order valence-electron chi connectivity index (χ1n) is 6.10. The number of alkyl halides is 1. The van der Waals surface area contributed by atoms with Crippen molar-refractivity contribution in [3.63, 3.8) is 0 Å². The molecule has 1 aliphatic rings. The monoisotopic (exact) mass is 296 g/mol. The zero-order valence-electron chi connectivity index (χ0n) is 9.81. The molecule has 0 atom stereocenters. The van der Waals surface area contributed by atoms with E-state index in [0.29, 0.717) is 11.6 Å². The molecule has 17 heavy (non-hydrogen) atoms. The number of nitrogens with zero attached hydrogens (tertiary/aromatic N) is 2. The molecule has 0 aliphatic heterocycles. The lowest BCUT2D eigenvalue weighted by atomic mass is 10.1. The Bertz CT molecular complexity index is 363. The Balaban J connectivity index is 2.12. The molecule has 0 radical (unpaired) electrons. The summed E-state index contributed by atoms with van der Waals surface area (Å²) in [6, 6.07) is 4.07. The van der Waals surface area contributed by atoms with Crippen molar-refractivity contribution in [1.29, 1.82) is 0 Å². The molecule has 0 spiro atoms. The van der Waals surface area contributed by atoms with Crippen molar-refractivity contribution in [1.82, 2.24) is 9.88 Å². The first kappa shape index (κ1) is 12.6. The van der Waals surface area contributed by atoms with E-state index in [0.717, 1.165) is 24.7 Å². The van der Waals surface area contributed by atoms with E-state index in [1.165, 1.54) is 12.8 Å². The van der Waals surface area contributed by atoms with Gasteiger partial charge in [-0.1, -0.05) is 28.8 Å². The van der Waals surface area contributed by atoms with E-state index < -0.39 is 0 Å². The molecular weight excluding hydrogens is 280 g/mol. The lowest BCUT2D eigenvalue weighted by Gasteiger charge is -2.28. The van der Waals surface area contributed by atoms with Crippen molar-refractivity contribution in [2.75, 3.05) is 11.9 Å². The molecule has 0 aromatic carbocycles. The van der Waals surface area contributed by atoms with Crippen LogP contribution in [0.5, 0.6) is 0 Å². The molecule has 1 fully saturated rings. The van der Waals surface area contributed by atoms with Crippen LogP contribution in [0.1, 0.15) is 36.0 Å². The van der Waals surface area contributed by atoms with Crippen molar-refractivity contribution >= 4 is 21.8 Å². The molecule has 1 saturated carbocycles. The van der Waals surface area contributed by atoms with Gasteiger partial charge < -0.3 is 4.90 Å². The summed E-state index contributed by atoms with van der Waals surface area (Å²) in [6.45, 7) is 0.776. The van der Waals surface area contributed by atoms with Gasteiger partial charge in [0.1, 0.15) is 0 Å². The van der Waals surface area contributed by atoms with Crippen LogP contribution in [0.4, 0.5) is 0 Å². The minimum atomic E-state index is 0.115. The summed E-state index contributed by atoms with van der Waals surface area (Å²) in [4.78, 5) is 18.4. The largest absolute Gasteiger partial charge is 0.335 e. The van der Waals surface area contributed by atoms with Gasteiger partial charge in [-0.15, -0.1) is 0 Å². The molecule has 0 saturated heterocycles. The molecule has 1 heterocycles. The van der Waals surface area contributed by atoms with Gasteiger partial charge >= 0.3 is 0 Å². The average Bonchev–Trinajstić information content (AvgIpc) is 2.90. The molecule has 1 aromatic heterocycles. The summed E-state index contributed by atoms with van der Waals surface area (Å²) < 4.78 is 0. The Morgan fingerprint density at radius 3 is 2.82 bits per heavy atom. The van der Waals surface area contributed by atoms with E-state index in [1.54, 1.807) is 12.4 Å². The number of carbonyl (C=O) groups is 1. The maximum Gasteiger partial charge on any atom is 0.255 e. The summed E-state index contributed by atoms with van der Waals surface area (Å²) >= 11 is 3.43. The Morgan fingerprint density at radius 1 is 1.47 bits per heavy atom. The molecule has 3 nitrogen and oxygen atoms in total. The predicted molar refractivity (Wildman–Crippen MR) is 71.3 cm³/mol. The van der Waals surface area contributed by atoms with E-state index in [9.17, 15) is 4.79 Å². The quantitative estimate of drug-likeness (QED) is 0.801. The summed E-state index contributed by atoms with van der Waals surface area (Å²) in [5, 5.41) is 0.829. The van der Waals surface area contributed by atoms with E-state index in [2.05, 4.69) is 20.9 Å². The van der Waals surface area contributed by atoms with Gasteiger partial charge in [-0.25, -0.2) is 0 Å².